The zero-order chi connectivity index (χ0) is 16.2. The van der Waals surface area contributed by atoms with Gasteiger partial charge in [0.2, 0.25) is 0 Å². The van der Waals surface area contributed by atoms with E-state index in [1.165, 1.54) is 0 Å². The van der Waals surface area contributed by atoms with Crippen molar-refractivity contribution in [3.05, 3.63) is 54.4 Å². The van der Waals surface area contributed by atoms with Gasteiger partial charge in [-0.2, -0.15) is 0 Å². The summed E-state index contributed by atoms with van der Waals surface area (Å²) in [5, 5.41) is 16.6. The molecule has 0 saturated carbocycles. The van der Waals surface area contributed by atoms with Gasteiger partial charge in [0, 0.05) is 12.6 Å². The number of benzene rings is 1. The lowest BCUT2D eigenvalue weighted by molar-refractivity contribution is 0.298. The molecule has 3 aromatic rings. The number of rotatable bonds is 6. The van der Waals surface area contributed by atoms with E-state index in [-0.39, 0.29) is 0 Å². The normalized spacial score (nSPS) is 11.5. The fraction of sp³-hybridized carbons (Fsp3) is 0.375. The number of hydrogen-bond donors (Lipinski definition) is 0. The molecule has 0 spiro atoms. The zero-order valence-corrected chi connectivity index (χ0v) is 13.7. The summed E-state index contributed by atoms with van der Waals surface area (Å²) >= 11 is 0. The average molecular weight is 311 g/mol. The van der Waals surface area contributed by atoms with E-state index in [2.05, 4.69) is 43.8 Å². The molecule has 23 heavy (non-hydrogen) atoms. The first-order valence-electron chi connectivity index (χ1n) is 7.67. The molecular weight excluding hydrogens is 290 g/mol. The van der Waals surface area contributed by atoms with Gasteiger partial charge in [0.15, 0.2) is 0 Å². The number of para-hydroxylation sites is 1. The van der Waals surface area contributed by atoms with Crippen LogP contribution in [0.1, 0.15) is 31.4 Å². The highest BCUT2D eigenvalue weighted by atomic mass is 15.4. The summed E-state index contributed by atoms with van der Waals surface area (Å²) < 4.78 is 3.87. The summed E-state index contributed by atoms with van der Waals surface area (Å²) in [7, 11) is 2.04. The minimum absolute atomic E-state index is 0.354. The molecule has 1 aromatic carbocycles. The van der Waals surface area contributed by atoms with Crippen molar-refractivity contribution in [3.8, 4) is 5.69 Å². The molecule has 0 saturated heterocycles. The topological polar surface area (TPSA) is 64.7 Å². The van der Waals surface area contributed by atoms with E-state index in [0.29, 0.717) is 12.6 Å². The molecule has 7 nitrogen and oxygen atoms in total. The molecule has 7 heteroatoms. The van der Waals surface area contributed by atoms with Gasteiger partial charge in [-0.1, -0.05) is 23.4 Å². The van der Waals surface area contributed by atoms with Crippen molar-refractivity contribution in [1.29, 1.82) is 0 Å². The minimum Gasteiger partial charge on any atom is -0.314 e. The van der Waals surface area contributed by atoms with Crippen LogP contribution in [-0.2, 0) is 13.1 Å². The molecule has 2 aromatic heterocycles. The summed E-state index contributed by atoms with van der Waals surface area (Å²) in [6.07, 6.45) is 3.73. The number of hydrogen-bond acceptors (Lipinski definition) is 5. The summed E-state index contributed by atoms with van der Waals surface area (Å²) in [6, 6.07) is 10.3. The molecule has 0 bridgehead atoms. The Morgan fingerprint density at radius 3 is 2.61 bits per heavy atom. The summed E-state index contributed by atoms with van der Waals surface area (Å²) in [6.45, 7) is 5.67. The molecule has 3 rings (SSSR count). The predicted octanol–water partition coefficient (Wildman–Crippen LogP) is 2.07. The fourth-order valence-corrected chi connectivity index (χ4v) is 2.46. The minimum atomic E-state index is 0.354. The SMILES string of the molecule is CC(C)n1cnnc1CN(C)Cc1cn(-c2ccccc2)nn1. The molecule has 2 heterocycles. The van der Waals surface area contributed by atoms with Crippen LogP contribution in [0.2, 0.25) is 0 Å². The van der Waals surface area contributed by atoms with E-state index in [4.69, 9.17) is 0 Å². The molecule has 0 aliphatic carbocycles. The van der Waals surface area contributed by atoms with Gasteiger partial charge < -0.3 is 4.57 Å². The van der Waals surface area contributed by atoms with Crippen molar-refractivity contribution in [3.63, 3.8) is 0 Å². The number of nitrogens with zero attached hydrogens (tertiary/aromatic N) is 7. The molecule has 0 fully saturated rings. The second-order valence-corrected chi connectivity index (χ2v) is 5.91. The molecule has 0 aliphatic heterocycles. The highest BCUT2D eigenvalue weighted by molar-refractivity contribution is 5.29. The lowest BCUT2D eigenvalue weighted by Gasteiger charge is -2.16. The second-order valence-electron chi connectivity index (χ2n) is 5.91. The van der Waals surface area contributed by atoms with Crippen LogP contribution in [0.25, 0.3) is 5.69 Å². The van der Waals surface area contributed by atoms with Gasteiger partial charge in [0.25, 0.3) is 0 Å². The van der Waals surface area contributed by atoms with E-state index in [0.717, 1.165) is 23.8 Å². The average Bonchev–Trinajstić information content (AvgIpc) is 3.17. The van der Waals surface area contributed by atoms with Crippen LogP contribution in [0, 0.1) is 0 Å². The first-order chi connectivity index (χ1) is 11.1. The van der Waals surface area contributed by atoms with Crippen LogP contribution in [0.5, 0.6) is 0 Å². The van der Waals surface area contributed by atoms with Crippen molar-refractivity contribution in [2.45, 2.75) is 33.0 Å². The summed E-state index contributed by atoms with van der Waals surface area (Å²) in [5.74, 6) is 0.956. The van der Waals surface area contributed by atoms with Crippen LogP contribution in [0.3, 0.4) is 0 Å². The lowest BCUT2D eigenvalue weighted by Crippen LogP contribution is -2.20. The van der Waals surface area contributed by atoms with Crippen molar-refractivity contribution >= 4 is 0 Å². The zero-order valence-electron chi connectivity index (χ0n) is 13.7. The highest BCUT2D eigenvalue weighted by Crippen LogP contribution is 2.11. The Labute approximate surface area is 135 Å². The largest absolute Gasteiger partial charge is 0.314 e. The first kappa shape index (κ1) is 15.4. The van der Waals surface area contributed by atoms with E-state index in [9.17, 15) is 0 Å². The van der Waals surface area contributed by atoms with Gasteiger partial charge in [-0.3, -0.25) is 4.90 Å². The Kier molecular flexibility index (Phi) is 4.47. The Hall–Kier alpha value is -2.54. The van der Waals surface area contributed by atoms with Crippen molar-refractivity contribution in [2.24, 2.45) is 0 Å². The molecule has 120 valence electrons. The van der Waals surface area contributed by atoms with Crippen molar-refractivity contribution in [1.82, 2.24) is 34.7 Å². The first-order valence-corrected chi connectivity index (χ1v) is 7.67. The molecule has 0 amide bonds. The maximum atomic E-state index is 4.25. The third-order valence-corrected chi connectivity index (χ3v) is 3.61. The molecule has 0 atom stereocenters. The number of aromatic nitrogens is 6. The predicted molar refractivity (Wildman–Crippen MR) is 86.9 cm³/mol. The van der Waals surface area contributed by atoms with Crippen LogP contribution in [0.4, 0.5) is 0 Å². The molecule has 0 radical (unpaired) electrons. The standard InChI is InChI=1S/C16H21N7/c1-13(2)22-12-17-19-16(22)11-21(3)9-14-10-23(20-18-14)15-7-5-4-6-8-15/h4-8,10,12-13H,9,11H2,1-3H3. The van der Waals surface area contributed by atoms with Gasteiger partial charge in [0.1, 0.15) is 12.2 Å². The Bertz CT molecular complexity index is 745. The van der Waals surface area contributed by atoms with E-state index in [1.807, 2.05) is 43.6 Å². The van der Waals surface area contributed by atoms with Crippen molar-refractivity contribution in [2.75, 3.05) is 7.05 Å². The quantitative estimate of drug-likeness (QED) is 0.697. The lowest BCUT2D eigenvalue weighted by atomic mass is 10.3. The Morgan fingerprint density at radius 2 is 1.87 bits per heavy atom. The van der Waals surface area contributed by atoms with Crippen LogP contribution < -0.4 is 0 Å². The molecule has 0 unspecified atom stereocenters. The van der Waals surface area contributed by atoms with Gasteiger partial charge >= 0.3 is 0 Å². The van der Waals surface area contributed by atoms with Gasteiger partial charge in [-0.15, -0.1) is 15.3 Å². The Balaban J connectivity index is 1.65. The monoisotopic (exact) mass is 311 g/mol. The van der Waals surface area contributed by atoms with Crippen LogP contribution in [-0.4, -0.2) is 41.7 Å². The van der Waals surface area contributed by atoms with Gasteiger partial charge in [0.05, 0.1) is 24.1 Å². The molecular formula is C16H21N7. The van der Waals surface area contributed by atoms with E-state index in [1.54, 1.807) is 11.0 Å². The fourth-order valence-electron chi connectivity index (χ4n) is 2.46. The Morgan fingerprint density at radius 1 is 1.09 bits per heavy atom. The van der Waals surface area contributed by atoms with Crippen molar-refractivity contribution < 1.29 is 0 Å². The second kappa shape index (κ2) is 6.70. The summed E-state index contributed by atoms with van der Waals surface area (Å²) in [4.78, 5) is 2.15. The van der Waals surface area contributed by atoms with Crippen LogP contribution >= 0.6 is 0 Å². The highest BCUT2D eigenvalue weighted by Gasteiger charge is 2.12. The van der Waals surface area contributed by atoms with E-state index < -0.39 is 0 Å². The summed E-state index contributed by atoms with van der Waals surface area (Å²) in [5.41, 5.74) is 1.93. The maximum Gasteiger partial charge on any atom is 0.147 e. The maximum absolute atomic E-state index is 4.25. The molecule has 0 aliphatic rings. The van der Waals surface area contributed by atoms with Gasteiger partial charge in [-0.05, 0) is 33.0 Å². The third-order valence-electron chi connectivity index (χ3n) is 3.61. The van der Waals surface area contributed by atoms with Gasteiger partial charge in [-0.25, -0.2) is 4.68 Å². The molecule has 0 N–H and O–H groups in total. The van der Waals surface area contributed by atoms with Crippen LogP contribution in [0.15, 0.2) is 42.9 Å². The van der Waals surface area contributed by atoms with E-state index >= 15 is 0 Å². The third kappa shape index (κ3) is 3.62. The smallest absolute Gasteiger partial charge is 0.147 e.